The molecule has 6 rings (SSSR count). The number of carbonyl (C=O) groups is 2. The minimum Gasteiger partial charge on any atom is -0.346 e. The lowest BCUT2D eigenvalue weighted by molar-refractivity contribution is -0.145. The fourth-order valence-corrected chi connectivity index (χ4v) is 6.42. The molecule has 0 radical (unpaired) electrons. The molecule has 12 nitrogen and oxygen atoms in total. The molecule has 4 aromatic heterocycles. The lowest BCUT2D eigenvalue weighted by Crippen LogP contribution is -2.48. The van der Waals surface area contributed by atoms with E-state index in [2.05, 4.69) is 29.9 Å². The summed E-state index contributed by atoms with van der Waals surface area (Å²) in [6, 6.07) is 3.74. The Kier molecular flexibility index (Phi) is 11.6. The van der Waals surface area contributed by atoms with E-state index in [4.69, 9.17) is 0 Å². The van der Waals surface area contributed by atoms with Crippen LogP contribution in [0, 0.1) is 11.8 Å². The van der Waals surface area contributed by atoms with Gasteiger partial charge in [0.1, 0.15) is 35.5 Å². The summed E-state index contributed by atoms with van der Waals surface area (Å²) >= 11 is 0. The maximum absolute atomic E-state index is 12.3. The van der Waals surface area contributed by atoms with Crippen molar-refractivity contribution in [1.82, 2.24) is 39.9 Å². The molecule has 2 aliphatic rings. The second kappa shape index (κ2) is 15.7. The summed E-state index contributed by atoms with van der Waals surface area (Å²) in [6.45, 7) is 2.27. The van der Waals surface area contributed by atoms with Crippen molar-refractivity contribution in [3.8, 4) is 0 Å². The van der Waals surface area contributed by atoms with Crippen molar-refractivity contribution >= 4 is 45.3 Å². The van der Waals surface area contributed by atoms with E-state index in [1.807, 2.05) is 46.3 Å². The van der Waals surface area contributed by atoms with Crippen LogP contribution < -0.4 is 10.0 Å². The van der Waals surface area contributed by atoms with Gasteiger partial charge in [0.05, 0.1) is 23.6 Å². The molecule has 18 heteroatoms. The Morgan fingerprint density at radius 1 is 0.720 bits per heavy atom. The third-order valence-electron chi connectivity index (χ3n) is 9.15. The molecule has 0 unspecified atom stereocenters. The normalized spacial score (nSPS) is 19.3. The third-order valence-corrected chi connectivity index (χ3v) is 9.15. The molecule has 0 aromatic carbocycles. The van der Waals surface area contributed by atoms with Crippen molar-refractivity contribution in [2.75, 3.05) is 50.3 Å². The Morgan fingerprint density at radius 2 is 1.12 bits per heavy atom. The number of H-pyrrole nitrogens is 2. The molecule has 50 heavy (non-hydrogen) atoms. The van der Waals surface area contributed by atoms with Gasteiger partial charge in [0, 0.05) is 77.3 Å². The van der Waals surface area contributed by atoms with Crippen LogP contribution in [-0.2, 0) is 9.59 Å². The van der Waals surface area contributed by atoms with Gasteiger partial charge in [0.25, 0.3) is 0 Å². The van der Waals surface area contributed by atoms with Crippen molar-refractivity contribution in [3.05, 3.63) is 37.2 Å². The minimum absolute atomic E-state index is 0.315. The van der Waals surface area contributed by atoms with Crippen LogP contribution in [-0.4, -0.2) is 104 Å². The maximum atomic E-state index is 12.3. The van der Waals surface area contributed by atoms with Crippen LogP contribution in [0.2, 0.25) is 0 Å². The van der Waals surface area contributed by atoms with Gasteiger partial charge < -0.3 is 9.97 Å². The summed E-state index contributed by atoms with van der Waals surface area (Å²) in [6.07, 6.45) is -2.32. The van der Waals surface area contributed by atoms with Crippen LogP contribution in [0.25, 0.3) is 22.1 Å². The molecule has 272 valence electrons. The smallest absolute Gasteiger partial charge is 0.346 e. The van der Waals surface area contributed by atoms with E-state index < -0.39 is 38.0 Å². The zero-order valence-electron chi connectivity index (χ0n) is 27.8. The summed E-state index contributed by atoms with van der Waals surface area (Å²) in [5.41, 5.74) is 1.43. The first-order chi connectivity index (χ1) is 23.7. The molecule has 0 saturated carbocycles. The molecule has 2 N–H and O–H groups in total. The van der Waals surface area contributed by atoms with Crippen LogP contribution in [0.5, 0.6) is 0 Å². The molecule has 6 heterocycles. The number of anilines is 2. The standard InChI is InChI=1S/2C16H20F3N5O/c2*1-23(15-12-5-7-20-14(12)21-10-22-15)24-8-2-3-11(9-24)13(25)4-6-16(17,18)19/h2*5,7,10-11H,2-4,6,8-9H2,1H3,(H,20,21,22)/t2*11-/m10/s1. The Labute approximate surface area is 284 Å². The van der Waals surface area contributed by atoms with Gasteiger partial charge in [-0.2, -0.15) is 26.3 Å². The third kappa shape index (κ3) is 9.47. The van der Waals surface area contributed by atoms with Crippen molar-refractivity contribution in [3.63, 3.8) is 0 Å². The number of Topliss-reactive ketones (excluding diaryl/α,β-unsaturated/α-hetero) is 2. The highest BCUT2D eigenvalue weighted by Crippen LogP contribution is 2.30. The number of carbonyl (C=O) groups excluding carboxylic acids is 2. The van der Waals surface area contributed by atoms with Gasteiger partial charge in [0.2, 0.25) is 0 Å². The van der Waals surface area contributed by atoms with Crippen LogP contribution in [0.3, 0.4) is 0 Å². The lowest BCUT2D eigenvalue weighted by atomic mass is 9.92. The molecule has 2 atom stereocenters. The first-order valence-electron chi connectivity index (χ1n) is 16.4. The van der Waals surface area contributed by atoms with Gasteiger partial charge in [-0.3, -0.25) is 19.6 Å². The zero-order chi connectivity index (χ0) is 36.1. The van der Waals surface area contributed by atoms with E-state index in [-0.39, 0.29) is 23.4 Å². The molecular weight excluding hydrogens is 670 g/mol. The number of nitrogens with one attached hydrogen (secondary N) is 2. The molecule has 4 aromatic rings. The van der Waals surface area contributed by atoms with E-state index in [9.17, 15) is 35.9 Å². The molecule has 0 bridgehead atoms. The molecule has 0 spiro atoms. The summed E-state index contributed by atoms with van der Waals surface area (Å²) in [5, 5.41) is 9.37. The molecule has 2 saturated heterocycles. The number of nitrogens with zero attached hydrogens (tertiary/aromatic N) is 8. The van der Waals surface area contributed by atoms with Crippen molar-refractivity contribution in [2.24, 2.45) is 11.8 Å². The maximum Gasteiger partial charge on any atom is 0.389 e. The number of ketones is 2. The predicted octanol–water partition coefficient (Wildman–Crippen LogP) is 5.87. The van der Waals surface area contributed by atoms with Gasteiger partial charge in [-0.15, -0.1) is 0 Å². The van der Waals surface area contributed by atoms with Crippen LogP contribution in [0.15, 0.2) is 37.2 Å². The molecule has 0 aliphatic carbocycles. The molecule has 0 amide bonds. The van der Waals surface area contributed by atoms with E-state index in [1.54, 1.807) is 12.4 Å². The topological polar surface area (TPSA) is 130 Å². The molecular formula is C32H40F6N10O2. The fraction of sp³-hybridized carbons (Fsp3) is 0.562. The Balaban J connectivity index is 0.000000194. The Bertz CT molecular complexity index is 1620. The number of hydrogen-bond donors (Lipinski definition) is 2. The zero-order valence-corrected chi connectivity index (χ0v) is 27.8. The van der Waals surface area contributed by atoms with E-state index in [1.165, 1.54) is 12.7 Å². The van der Waals surface area contributed by atoms with Crippen molar-refractivity contribution < 1.29 is 35.9 Å². The minimum atomic E-state index is -4.29. The first-order valence-corrected chi connectivity index (χ1v) is 16.4. The van der Waals surface area contributed by atoms with Gasteiger partial charge >= 0.3 is 12.4 Å². The average Bonchev–Trinajstić information content (AvgIpc) is 3.79. The first kappa shape index (κ1) is 36.9. The molecule has 2 aliphatic heterocycles. The predicted molar refractivity (Wildman–Crippen MR) is 174 cm³/mol. The van der Waals surface area contributed by atoms with Crippen LogP contribution in [0.1, 0.15) is 51.4 Å². The number of halogens is 6. The number of aromatic amines is 2. The second-order valence-electron chi connectivity index (χ2n) is 12.6. The van der Waals surface area contributed by atoms with E-state index in [0.717, 1.165) is 36.7 Å². The average molecular weight is 711 g/mol. The highest BCUT2D eigenvalue weighted by molar-refractivity contribution is 5.88. The summed E-state index contributed by atoms with van der Waals surface area (Å²) in [4.78, 5) is 47.2. The van der Waals surface area contributed by atoms with E-state index in [0.29, 0.717) is 48.9 Å². The van der Waals surface area contributed by atoms with Gasteiger partial charge in [-0.05, 0) is 37.8 Å². The second-order valence-corrected chi connectivity index (χ2v) is 12.6. The van der Waals surface area contributed by atoms with Crippen molar-refractivity contribution in [2.45, 2.75) is 63.7 Å². The Hall–Kier alpha value is -4.32. The van der Waals surface area contributed by atoms with Crippen LogP contribution in [0.4, 0.5) is 38.0 Å². The Morgan fingerprint density at radius 3 is 1.50 bits per heavy atom. The fourth-order valence-electron chi connectivity index (χ4n) is 6.42. The highest BCUT2D eigenvalue weighted by Gasteiger charge is 2.34. The monoisotopic (exact) mass is 710 g/mol. The summed E-state index contributed by atoms with van der Waals surface area (Å²) in [7, 11) is 3.69. The van der Waals surface area contributed by atoms with Crippen molar-refractivity contribution in [1.29, 1.82) is 0 Å². The number of rotatable bonds is 10. The number of aromatic nitrogens is 6. The van der Waals surface area contributed by atoms with Gasteiger partial charge in [-0.25, -0.2) is 30.0 Å². The lowest BCUT2D eigenvalue weighted by Gasteiger charge is -2.38. The largest absolute Gasteiger partial charge is 0.389 e. The van der Waals surface area contributed by atoms with Gasteiger partial charge in [-0.1, -0.05) is 0 Å². The highest BCUT2D eigenvalue weighted by atomic mass is 19.4. The quantitative estimate of drug-likeness (QED) is 0.193. The van der Waals surface area contributed by atoms with Crippen LogP contribution >= 0.6 is 0 Å². The summed E-state index contributed by atoms with van der Waals surface area (Å²) in [5.74, 6) is 0.0308. The SMILES string of the molecule is CN(c1ncnc2[nH]ccc12)N1CCC[C@@H](C(=O)CCC(F)(F)F)C1.CN(c1ncnc2[nH]ccc12)N1CCC[C@H](C(=O)CCC(F)(F)F)C1. The number of hydrogen-bond acceptors (Lipinski definition) is 10. The number of alkyl halides is 6. The number of piperidine rings is 2. The summed E-state index contributed by atoms with van der Waals surface area (Å²) < 4.78 is 74.0. The number of fused-ring (bicyclic) bond motifs is 2. The molecule has 2 fully saturated rings. The van der Waals surface area contributed by atoms with Gasteiger partial charge in [0.15, 0.2) is 11.6 Å². The van der Waals surface area contributed by atoms with E-state index >= 15 is 0 Å². The number of hydrazine groups is 2.